The van der Waals surface area contributed by atoms with E-state index >= 15 is 0 Å². The van der Waals surface area contributed by atoms with Gasteiger partial charge in [0.1, 0.15) is 5.75 Å². The Kier molecular flexibility index (Phi) is 9.97. The van der Waals surface area contributed by atoms with Crippen LogP contribution in [0.15, 0.2) is 122 Å². The van der Waals surface area contributed by atoms with Gasteiger partial charge in [0.25, 0.3) is 5.91 Å². The Morgan fingerprint density at radius 3 is 1.93 bits per heavy atom. The monoisotopic (exact) mass is 624 g/mol. The number of ether oxygens (including phenoxy) is 1. The van der Waals surface area contributed by atoms with Crippen molar-refractivity contribution in [3.05, 3.63) is 149 Å². The molecule has 0 atom stereocenters. The van der Waals surface area contributed by atoms with Gasteiger partial charge in [-0.3, -0.25) is 9.78 Å². The number of carbonyl (C=O) groups is 2. The lowest BCUT2D eigenvalue weighted by Gasteiger charge is -2.23. The van der Waals surface area contributed by atoms with Crippen LogP contribution in [-0.4, -0.2) is 28.9 Å². The van der Waals surface area contributed by atoms with Crippen molar-refractivity contribution < 1.29 is 27.5 Å². The Morgan fingerprint density at radius 1 is 0.761 bits per heavy atom. The molecule has 0 saturated carbocycles. The molecule has 0 spiro atoms. The first kappa shape index (κ1) is 31.8. The highest BCUT2D eigenvalue weighted by molar-refractivity contribution is 5.94. The number of nitrogens with zero attached hydrogens (tertiary/aromatic N) is 2. The average Bonchev–Trinajstić information content (AvgIpc) is 3.08. The lowest BCUT2D eigenvalue weighted by Crippen LogP contribution is -2.34. The lowest BCUT2D eigenvalue weighted by atomic mass is 10.0. The number of anilines is 1. The van der Waals surface area contributed by atoms with E-state index in [1.54, 1.807) is 54.7 Å². The fourth-order valence-electron chi connectivity index (χ4n) is 4.72. The minimum atomic E-state index is -4.46. The molecule has 0 aliphatic carbocycles. The maximum absolute atomic E-state index is 13.3. The van der Waals surface area contributed by atoms with Crippen molar-refractivity contribution in [1.82, 2.24) is 15.2 Å². The molecule has 0 radical (unpaired) electrons. The third-order valence-electron chi connectivity index (χ3n) is 7.27. The largest absolute Gasteiger partial charge is 0.497 e. The van der Waals surface area contributed by atoms with Crippen LogP contribution in [-0.2, 0) is 25.8 Å². The minimum Gasteiger partial charge on any atom is -0.497 e. The van der Waals surface area contributed by atoms with Crippen molar-refractivity contribution in [2.45, 2.75) is 25.8 Å². The molecule has 5 rings (SSSR count). The number of amides is 3. The summed E-state index contributed by atoms with van der Waals surface area (Å²) in [5.41, 5.74) is 4.61. The summed E-state index contributed by atoms with van der Waals surface area (Å²) < 4.78 is 44.0. The number of nitrogens with one attached hydrogen (secondary N) is 2. The number of rotatable bonds is 10. The van der Waals surface area contributed by atoms with Gasteiger partial charge in [-0.05, 0) is 82.4 Å². The SMILES string of the molecule is COc1ccc(C(=O)NCc2ccc(-c3ccc(CN(Cc4cccnc4)C(=O)Nc4ccc(C(F)(F)F)cc4)cc3)cc2)cc1. The highest BCUT2D eigenvalue weighted by Crippen LogP contribution is 2.30. The number of aromatic nitrogens is 1. The number of halogens is 3. The van der Waals surface area contributed by atoms with E-state index in [1.807, 2.05) is 54.6 Å². The van der Waals surface area contributed by atoms with E-state index in [1.165, 1.54) is 12.1 Å². The molecule has 0 saturated heterocycles. The number of carbonyl (C=O) groups excluding carboxylic acids is 2. The first-order valence-electron chi connectivity index (χ1n) is 14.4. The van der Waals surface area contributed by atoms with Crippen molar-refractivity contribution in [3.63, 3.8) is 0 Å². The normalized spacial score (nSPS) is 11.0. The number of pyridine rings is 1. The summed E-state index contributed by atoms with van der Waals surface area (Å²) >= 11 is 0. The smallest absolute Gasteiger partial charge is 0.416 e. The summed E-state index contributed by atoms with van der Waals surface area (Å²) in [6.07, 6.45) is -1.16. The highest BCUT2D eigenvalue weighted by atomic mass is 19.4. The molecule has 3 amide bonds. The van der Waals surface area contributed by atoms with Gasteiger partial charge < -0.3 is 20.3 Å². The number of methoxy groups -OCH3 is 1. The Balaban J connectivity index is 1.22. The quantitative estimate of drug-likeness (QED) is 0.165. The maximum Gasteiger partial charge on any atom is 0.416 e. The maximum atomic E-state index is 13.3. The van der Waals surface area contributed by atoms with Gasteiger partial charge >= 0.3 is 12.2 Å². The molecule has 0 unspecified atom stereocenters. The molecule has 4 aromatic carbocycles. The number of urea groups is 1. The van der Waals surface area contributed by atoms with Crippen LogP contribution in [0.3, 0.4) is 0 Å². The molecular weight excluding hydrogens is 593 g/mol. The summed E-state index contributed by atoms with van der Waals surface area (Å²) in [5, 5.41) is 5.62. The zero-order valence-electron chi connectivity index (χ0n) is 24.9. The fraction of sp³-hybridized carbons (Fsp3) is 0.139. The van der Waals surface area contributed by atoms with Crippen molar-refractivity contribution in [3.8, 4) is 16.9 Å². The van der Waals surface area contributed by atoms with Gasteiger partial charge in [0.2, 0.25) is 0 Å². The Labute approximate surface area is 264 Å². The molecule has 1 heterocycles. The molecule has 0 bridgehead atoms. The zero-order valence-corrected chi connectivity index (χ0v) is 24.9. The molecule has 0 aliphatic rings. The Bertz CT molecular complexity index is 1740. The van der Waals surface area contributed by atoms with Crippen LogP contribution in [0.1, 0.15) is 32.6 Å². The second kappa shape index (κ2) is 14.4. The van der Waals surface area contributed by atoms with Gasteiger partial charge in [-0.2, -0.15) is 13.2 Å². The topological polar surface area (TPSA) is 83.6 Å². The Morgan fingerprint density at radius 2 is 1.37 bits per heavy atom. The third kappa shape index (κ3) is 8.50. The van der Waals surface area contributed by atoms with Gasteiger partial charge in [0, 0.05) is 43.3 Å². The van der Waals surface area contributed by atoms with Gasteiger partial charge in [0.05, 0.1) is 12.7 Å². The van der Waals surface area contributed by atoms with E-state index in [9.17, 15) is 22.8 Å². The predicted octanol–water partition coefficient (Wildman–Crippen LogP) is 7.94. The third-order valence-corrected chi connectivity index (χ3v) is 7.27. The second-order valence-electron chi connectivity index (χ2n) is 10.5. The van der Waals surface area contributed by atoms with Crippen LogP contribution in [0.4, 0.5) is 23.7 Å². The fourth-order valence-corrected chi connectivity index (χ4v) is 4.72. The van der Waals surface area contributed by atoms with Crippen molar-refractivity contribution in [2.24, 2.45) is 0 Å². The number of benzene rings is 4. The standard InChI is InChI=1S/C36H31F3N4O3/c1-46-33-18-12-30(13-19-33)34(44)41-22-25-4-8-28(9-5-25)29-10-6-26(7-11-29)23-43(24-27-3-2-20-40-21-27)35(45)42-32-16-14-31(15-17-32)36(37,38)39/h2-21H,22-24H2,1H3,(H,41,44)(H,42,45). The summed E-state index contributed by atoms with van der Waals surface area (Å²) in [7, 11) is 1.57. The summed E-state index contributed by atoms with van der Waals surface area (Å²) in [6, 6.07) is 30.1. The number of hydrogen-bond acceptors (Lipinski definition) is 4. The molecule has 0 aliphatic heterocycles. The zero-order chi connectivity index (χ0) is 32.5. The van der Waals surface area contributed by atoms with Crippen LogP contribution in [0.2, 0.25) is 0 Å². The highest BCUT2D eigenvalue weighted by Gasteiger charge is 2.30. The summed E-state index contributed by atoms with van der Waals surface area (Å²) in [4.78, 5) is 31.4. The Hall–Kier alpha value is -5.64. The van der Waals surface area contributed by atoms with Gasteiger partial charge in [-0.1, -0.05) is 54.6 Å². The van der Waals surface area contributed by atoms with E-state index in [4.69, 9.17) is 4.74 Å². The molecule has 1 aromatic heterocycles. The molecule has 2 N–H and O–H groups in total. The molecule has 10 heteroatoms. The summed E-state index contributed by atoms with van der Waals surface area (Å²) in [6.45, 7) is 0.887. The van der Waals surface area contributed by atoms with Crippen LogP contribution in [0, 0.1) is 0 Å². The summed E-state index contributed by atoms with van der Waals surface area (Å²) in [5.74, 6) is 0.511. The van der Waals surface area contributed by atoms with Gasteiger partial charge in [-0.25, -0.2) is 4.79 Å². The lowest BCUT2D eigenvalue weighted by molar-refractivity contribution is -0.137. The minimum absolute atomic E-state index is 0.173. The molecular formula is C36H31F3N4O3. The first-order valence-corrected chi connectivity index (χ1v) is 14.4. The predicted molar refractivity (Wildman–Crippen MR) is 170 cm³/mol. The van der Waals surface area contributed by atoms with Crippen molar-refractivity contribution in [1.29, 1.82) is 0 Å². The van der Waals surface area contributed by atoms with E-state index in [-0.39, 0.29) is 24.7 Å². The van der Waals surface area contributed by atoms with Gasteiger partial charge in [-0.15, -0.1) is 0 Å². The van der Waals surface area contributed by atoms with E-state index < -0.39 is 17.8 Å². The van der Waals surface area contributed by atoms with E-state index in [0.717, 1.165) is 39.9 Å². The van der Waals surface area contributed by atoms with E-state index in [0.29, 0.717) is 17.9 Å². The first-order chi connectivity index (χ1) is 22.2. The number of hydrogen-bond donors (Lipinski definition) is 2. The molecule has 46 heavy (non-hydrogen) atoms. The molecule has 7 nitrogen and oxygen atoms in total. The average molecular weight is 625 g/mol. The van der Waals surface area contributed by atoms with E-state index in [2.05, 4.69) is 15.6 Å². The molecule has 0 fully saturated rings. The van der Waals surface area contributed by atoms with Crippen LogP contribution >= 0.6 is 0 Å². The van der Waals surface area contributed by atoms with Crippen molar-refractivity contribution >= 4 is 17.6 Å². The van der Waals surface area contributed by atoms with Crippen molar-refractivity contribution in [2.75, 3.05) is 12.4 Å². The molecule has 5 aromatic rings. The van der Waals surface area contributed by atoms with Gasteiger partial charge in [0.15, 0.2) is 0 Å². The number of alkyl halides is 3. The van der Waals surface area contributed by atoms with Crippen LogP contribution < -0.4 is 15.4 Å². The second-order valence-corrected chi connectivity index (χ2v) is 10.5. The van der Waals surface area contributed by atoms with Crippen LogP contribution in [0.5, 0.6) is 5.75 Å². The molecule has 234 valence electrons. The van der Waals surface area contributed by atoms with Crippen LogP contribution in [0.25, 0.3) is 11.1 Å².